The van der Waals surface area contributed by atoms with E-state index in [1.54, 1.807) is 4.90 Å². The van der Waals surface area contributed by atoms with Gasteiger partial charge in [-0.3, -0.25) is 4.90 Å². The van der Waals surface area contributed by atoms with Crippen LogP contribution in [0, 0.1) is 0 Å². The molecule has 1 unspecified atom stereocenters. The van der Waals surface area contributed by atoms with E-state index >= 15 is 0 Å². The summed E-state index contributed by atoms with van der Waals surface area (Å²) in [6, 6.07) is 7.49. The summed E-state index contributed by atoms with van der Waals surface area (Å²) >= 11 is 3.37. The molecule has 0 spiro atoms. The van der Waals surface area contributed by atoms with E-state index in [2.05, 4.69) is 15.9 Å². The van der Waals surface area contributed by atoms with E-state index in [0.29, 0.717) is 6.54 Å². The van der Waals surface area contributed by atoms with Crippen molar-refractivity contribution in [3.8, 4) is 0 Å². The number of aliphatic hydroxyl groups is 1. The predicted molar refractivity (Wildman–Crippen MR) is 61.9 cm³/mol. The lowest BCUT2D eigenvalue weighted by atomic mass is 10.2. The summed E-state index contributed by atoms with van der Waals surface area (Å²) in [5.41, 5.74) is 1.01. The third-order valence-electron chi connectivity index (χ3n) is 2.53. The Kier molecular flexibility index (Phi) is 3.46. The molecule has 1 saturated heterocycles. The van der Waals surface area contributed by atoms with Gasteiger partial charge in [-0.05, 0) is 17.7 Å². The molecule has 0 bridgehead atoms. The molecule has 1 amide bonds. The predicted octanol–water partition coefficient (Wildman–Crippen LogP) is 1.76. The van der Waals surface area contributed by atoms with Gasteiger partial charge in [0.1, 0.15) is 6.61 Å². The van der Waals surface area contributed by atoms with Crippen molar-refractivity contribution in [1.29, 1.82) is 0 Å². The van der Waals surface area contributed by atoms with Gasteiger partial charge in [0.15, 0.2) is 0 Å². The van der Waals surface area contributed by atoms with E-state index in [4.69, 9.17) is 9.84 Å². The molecule has 0 aliphatic carbocycles. The second-order valence-electron chi connectivity index (χ2n) is 3.67. The number of amides is 1. The van der Waals surface area contributed by atoms with Gasteiger partial charge in [-0.15, -0.1) is 0 Å². The number of rotatable bonds is 3. The third-order valence-corrected chi connectivity index (χ3v) is 3.02. The van der Waals surface area contributed by atoms with Crippen LogP contribution in [0.2, 0.25) is 0 Å². The zero-order chi connectivity index (χ0) is 11.5. The second-order valence-corrected chi connectivity index (χ2v) is 4.59. The topological polar surface area (TPSA) is 49.8 Å². The maximum atomic E-state index is 11.4. The number of hydrogen-bond donors (Lipinski definition) is 1. The highest BCUT2D eigenvalue weighted by atomic mass is 79.9. The highest BCUT2D eigenvalue weighted by molar-refractivity contribution is 9.10. The number of carbonyl (C=O) groups is 1. The summed E-state index contributed by atoms with van der Waals surface area (Å²) in [5.74, 6) is 0. The summed E-state index contributed by atoms with van der Waals surface area (Å²) in [4.78, 5) is 13.0. The van der Waals surface area contributed by atoms with Crippen LogP contribution in [0.3, 0.4) is 0 Å². The van der Waals surface area contributed by atoms with Gasteiger partial charge < -0.3 is 9.84 Å². The largest absolute Gasteiger partial charge is 0.447 e. The minimum atomic E-state index is -0.362. The lowest BCUT2D eigenvalue weighted by Crippen LogP contribution is -2.35. The van der Waals surface area contributed by atoms with Crippen molar-refractivity contribution in [1.82, 2.24) is 4.90 Å². The Hall–Kier alpha value is -1.07. The Labute approximate surface area is 102 Å². The molecule has 0 saturated carbocycles. The summed E-state index contributed by atoms with van der Waals surface area (Å²) in [7, 11) is 0. The van der Waals surface area contributed by atoms with Gasteiger partial charge in [-0.2, -0.15) is 0 Å². The van der Waals surface area contributed by atoms with E-state index in [0.717, 1.165) is 10.0 Å². The van der Waals surface area contributed by atoms with Gasteiger partial charge in [0.05, 0.1) is 12.6 Å². The molecule has 1 aliphatic rings. The Bertz CT molecular complexity index is 397. The summed E-state index contributed by atoms with van der Waals surface area (Å²) in [6.45, 7) is 0.659. The SMILES string of the molecule is O=C1OCC(CO)N1Cc1cccc(Br)c1. The maximum absolute atomic E-state index is 11.4. The van der Waals surface area contributed by atoms with Gasteiger partial charge in [0.2, 0.25) is 0 Å². The first-order chi connectivity index (χ1) is 7.70. The van der Waals surface area contributed by atoms with Crippen molar-refractivity contribution in [2.24, 2.45) is 0 Å². The van der Waals surface area contributed by atoms with Crippen molar-refractivity contribution in [2.75, 3.05) is 13.2 Å². The molecule has 0 radical (unpaired) electrons. The van der Waals surface area contributed by atoms with Crippen molar-refractivity contribution >= 4 is 22.0 Å². The van der Waals surface area contributed by atoms with E-state index in [9.17, 15) is 4.79 Å². The van der Waals surface area contributed by atoms with Gasteiger partial charge in [0.25, 0.3) is 0 Å². The summed E-state index contributed by atoms with van der Waals surface area (Å²) in [5, 5.41) is 9.10. The van der Waals surface area contributed by atoms with Crippen LogP contribution in [0.1, 0.15) is 5.56 Å². The Morgan fingerprint density at radius 2 is 2.38 bits per heavy atom. The number of carbonyl (C=O) groups excluding carboxylic acids is 1. The van der Waals surface area contributed by atoms with Crippen molar-refractivity contribution < 1.29 is 14.6 Å². The molecular weight excluding hydrogens is 274 g/mol. The zero-order valence-corrected chi connectivity index (χ0v) is 10.2. The van der Waals surface area contributed by atoms with Crippen LogP contribution in [0.5, 0.6) is 0 Å². The van der Waals surface area contributed by atoms with E-state index in [1.807, 2.05) is 24.3 Å². The molecule has 1 atom stereocenters. The van der Waals surface area contributed by atoms with Crippen LogP contribution < -0.4 is 0 Å². The van der Waals surface area contributed by atoms with E-state index < -0.39 is 0 Å². The summed E-state index contributed by atoms with van der Waals surface area (Å²) in [6.07, 6.45) is -0.362. The first kappa shape index (κ1) is 11.4. The minimum Gasteiger partial charge on any atom is -0.447 e. The van der Waals surface area contributed by atoms with Crippen molar-refractivity contribution in [3.63, 3.8) is 0 Å². The molecule has 16 heavy (non-hydrogen) atoms. The normalized spacial score (nSPS) is 20.0. The molecule has 1 N–H and O–H groups in total. The van der Waals surface area contributed by atoms with Crippen LogP contribution in [-0.4, -0.2) is 35.4 Å². The molecule has 1 aromatic rings. The van der Waals surface area contributed by atoms with Gasteiger partial charge in [-0.1, -0.05) is 28.1 Å². The Morgan fingerprint density at radius 1 is 1.56 bits per heavy atom. The summed E-state index contributed by atoms with van der Waals surface area (Å²) < 4.78 is 5.86. The Morgan fingerprint density at radius 3 is 3.06 bits per heavy atom. The molecule has 1 aromatic carbocycles. The fourth-order valence-electron chi connectivity index (χ4n) is 1.67. The van der Waals surface area contributed by atoms with Crippen LogP contribution in [0.4, 0.5) is 4.79 Å². The molecule has 1 aliphatic heterocycles. The van der Waals surface area contributed by atoms with Crippen LogP contribution in [0.15, 0.2) is 28.7 Å². The molecule has 1 heterocycles. The number of benzene rings is 1. The third kappa shape index (κ3) is 2.36. The van der Waals surface area contributed by atoms with E-state index in [-0.39, 0.29) is 25.3 Å². The zero-order valence-electron chi connectivity index (χ0n) is 8.60. The quantitative estimate of drug-likeness (QED) is 0.921. The maximum Gasteiger partial charge on any atom is 0.410 e. The molecular formula is C11H12BrNO3. The van der Waals surface area contributed by atoms with Crippen molar-refractivity contribution in [2.45, 2.75) is 12.6 Å². The standard InChI is InChI=1S/C11H12BrNO3/c12-9-3-1-2-8(4-9)5-13-10(6-14)7-16-11(13)15/h1-4,10,14H,5-7H2. The fraction of sp³-hybridized carbons (Fsp3) is 0.364. The van der Waals surface area contributed by atoms with Gasteiger partial charge in [0, 0.05) is 11.0 Å². The molecule has 2 rings (SSSR count). The van der Waals surface area contributed by atoms with Gasteiger partial charge in [-0.25, -0.2) is 4.79 Å². The lowest BCUT2D eigenvalue weighted by molar-refractivity contribution is 0.151. The number of nitrogens with zero attached hydrogens (tertiary/aromatic N) is 1. The molecule has 5 heteroatoms. The average molecular weight is 286 g/mol. The lowest BCUT2D eigenvalue weighted by Gasteiger charge is -2.19. The second kappa shape index (κ2) is 4.84. The number of hydrogen-bond acceptors (Lipinski definition) is 3. The number of aliphatic hydroxyl groups excluding tert-OH is 1. The van der Waals surface area contributed by atoms with E-state index in [1.165, 1.54) is 0 Å². The fourth-order valence-corrected chi connectivity index (χ4v) is 2.11. The molecule has 4 nitrogen and oxygen atoms in total. The Balaban J connectivity index is 2.11. The van der Waals surface area contributed by atoms with Crippen LogP contribution >= 0.6 is 15.9 Å². The highest BCUT2D eigenvalue weighted by Crippen LogP contribution is 2.18. The number of halogens is 1. The average Bonchev–Trinajstić information content (AvgIpc) is 2.60. The smallest absolute Gasteiger partial charge is 0.410 e. The van der Waals surface area contributed by atoms with Gasteiger partial charge >= 0.3 is 6.09 Å². The van der Waals surface area contributed by atoms with Crippen LogP contribution in [0.25, 0.3) is 0 Å². The van der Waals surface area contributed by atoms with Crippen molar-refractivity contribution in [3.05, 3.63) is 34.3 Å². The van der Waals surface area contributed by atoms with Crippen LogP contribution in [-0.2, 0) is 11.3 Å². The minimum absolute atomic E-state index is 0.0697. The monoisotopic (exact) mass is 285 g/mol. The highest BCUT2D eigenvalue weighted by Gasteiger charge is 2.32. The number of ether oxygens (including phenoxy) is 1. The first-order valence-corrected chi connectivity index (χ1v) is 5.78. The molecule has 0 aromatic heterocycles. The molecule has 1 fully saturated rings. The first-order valence-electron chi connectivity index (χ1n) is 4.99. The number of cyclic esters (lactones) is 1. The molecule has 86 valence electrons.